The average molecular weight is 276 g/mol. The Morgan fingerprint density at radius 2 is 2.05 bits per heavy atom. The van der Waals surface area contributed by atoms with Crippen LogP contribution in [0.3, 0.4) is 0 Å². The third kappa shape index (κ3) is 2.46. The van der Waals surface area contributed by atoms with Crippen LogP contribution in [-0.4, -0.2) is 31.9 Å². The van der Waals surface area contributed by atoms with Crippen molar-refractivity contribution < 1.29 is 24.5 Å². The van der Waals surface area contributed by atoms with Crippen LogP contribution in [0, 0.1) is 0 Å². The van der Waals surface area contributed by atoms with Crippen LogP contribution >= 0.6 is 0 Å². The molecule has 0 fully saturated rings. The van der Waals surface area contributed by atoms with Gasteiger partial charge in [0.15, 0.2) is 17.2 Å². The fraction of sp³-hybridized carbons (Fsp3) is 0.154. The highest BCUT2D eigenvalue weighted by Crippen LogP contribution is 2.25. The smallest absolute Gasteiger partial charge is 0.363 e. The van der Waals surface area contributed by atoms with Gasteiger partial charge in [-0.15, -0.1) is 0 Å². The summed E-state index contributed by atoms with van der Waals surface area (Å²) in [7, 11) is 0. The van der Waals surface area contributed by atoms with Gasteiger partial charge in [-0.25, -0.2) is 9.59 Å². The van der Waals surface area contributed by atoms with Gasteiger partial charge in [-0.2, -0.15) is 5.10 Å². The van der Waals surface area contributed by atoms with Crippen molar-refractivity contribution in [3.63, 3.8) is 0 Å². The van der Waals surface area contributed by atoms with E-state index in [1.54, 1.807) is 19.1 Å². The maximum atomic E-state index is 12.1. The molecule has 0 unspecified atom stereocenters. The Labute approximate surface area is 114 Å². The molecule has 0 amide bonds. The Kier molecular flexibility index (Phi) is 3.69. The van der Waals surface area contributed by atoms with Crippen LogP contribution < -0.4 is 4.74 Å². The molecule has 0 radical (unpaired) electrons. The van der Waals surface area contributed by atoms with E-state index in [0.29, 0.717) is 6.54 Å². The number of carboxylic acids is 1. The molecule has 7 heteroatoms. The van der Waals surface area contributed by atoms with Gasteiger partial charge in [-0.1, -0.05) is 12.1 Å². The Bertz CT molecular complexity index is 663. The first-order chi connectivity index (χ1) is 9.54. The van der Waals surface area contributed by atoms with Crippen molar-refractivity contribution in [3.8, 4) is 11.5 Å². The number of aromatic hydroxyl groups is 1. The number of ether oxygens (including phenoxy) is 1. The molecule has 0 saturated carbocycles. The molecule has 2 N–H and O–H groups in total. The number of phenolic OH excluding ortho intramolecular Hbond substituents is 1. The fourth-order valence-corrected chi connectivity index (χ4v) is 1.69. The van der Waals surface area contributed by atoms with Gasteiger partial charge in [0.1, 0.15) is 5.56 Å². The zero-order valence-electron chi connectivity index (χ0n) is 10.6. The summed E-state index contributed by atoms with van der Waals surface area (Å²) < 4.78 is 6.24. The molecule has 2 rings (SSSR count). The van der Waals surface area contributed by atoms with E-state index in [1.165, 1.54) is 16.8 Å². The second kappa shape index (κ2) is 5.43. The van der Waals surface area contributed by atoms with Crippen molar-refractivity contribution in [2.45, 2.75) is 13.5 Å². The largest absolute Gasteiger partial charge is 0.504 e. The van der Waals surface area contributed by atoms with Gasteiger partial charge >= 0.3 is 11.9 Å². The van der Waals surface area contributed by atoms with E-state index in [9.17, 15) is 14.7 Å². The summed E-state index contributed by atoms with van der Waals surface area (Å²) in [6.07, 6.45) is 1.09. The number of nitrogens with zero attached hydrogens (tertiary/aromatic N) is 2. The van der Waals surface area contributed by atoms with Crippen molar-refractivity contribution in [2.75, 3.05) is 0 Å². The summed E-state index contributed by atoms with van der Waals surface area (Å²) in [6.45, 7) is 2.04. The second-order valence-corrected chi connectivity index (χ2v) is 3.89. The fourth-order valence-electron chi connectivity index (χ4n) is 1.69. The number of esters is 1. The second-order valence-electron chi connectivity index (χ2n) is 3.89. The first-order valence-electron chi connectivity index (χ1n) is 5.83. The zero-order chi connectivity index (χ0) is 14.7. The predicted molar refractivity (Wildman–Crippen MR) is 67.9 cm³/mol. The van der Waals surface area contributed by atoms with Gasteiger partial charge in [-0.3, -0.25) is 4.68 Å². The number of benzene rings is 1. The van der Waals surface area contributed by atoms with E-state index >= 15 is 0 Å². The lowest BCUT2D eigenvalue weighted by molar-refractivity contribution is 0.0661. The van der Waals surface area contributed by atoms with Crippen molar-refractivity contribution in [2.24, 2.45) is 0 Å². The normalized spacial score (nSPS) is 10.2. The average Bonchev–Trinajstić information content (AvgIpc) is 2.85. The number of rotatable bonds is 4. The van der Waals surface area contributed by atoms with Crippen LogP contribution in [0.15, 0.2) is 30.5 Å². The molecule has 0 spiro atoms. The quantitative estimate of drug-likeness (QED) is 0.648. The van der Waals surface area contributed by atoms with Gasteiger partial charge in [-0.05, 0) is 19.1 Å². The molecule has 0 aliphatic heterocycles. The standard InChI is InChI=1S/C13H12N2O5/c1-2-15-11(8(7-14-15)12(17)18)13(19)20-10-6-4-3-5-9(10)16/h3-7,16H,2H2,1H3,(H,17,18). The number of carbonyl (C=O) groups excluding carboxylic acids is 1. The van der Waals surface area contributed by atoms with Crippen molar-refractivity contribution >= 4 is 11.9 Å². The van der Waals surface area contributed by atoms with E-state index < -0.39 is 11.9 Å². The van der Waals surface area contributed by atoms with Crippen LogP contribution in [0.1, 0.15) is 27.8 Å². The molecule has 0 atom stereocenters. The molecule has 1 aromatic heterocycles. The van der Waals surface area contributed by atoms with Crippen LogP contribution in [0.4, 0.5) is 0 Å². The van der Waals surface area contributed by atoms with E-state index in [4.69, 9.17) is 9.84 Å². The molecule has 7 nitrogen and oxygen atoms in total. The molecule has 104 valence electrons. The highest BCUT2D eigenvalue weighted by atomic mass is 16.5. The number of aromatic carboxylic acids is 1. The summed E-state index contributed by atoms with van der Waals surface area (Å²) in [5.41, 5.74) is -0.407. The first kappa shape index (κ1) is 13.6. The number of hydrogen-bond donors (Lipinski definition) is 2. The Morgan fingerprint density at radius 3 is 2.65 bits per heavy atom. The number of phenols is 1. The molecular formula is C13H12N2O5. The minimum absolute atomic E-state index is 0.0438. The summed E-state index contributed by atoms with van der Waals surface area (Å²) in [5, 5.41) is 22.4. The van der Waals surface area contributed by atoms with Gasteiger partial charge in [0.05, 0.1) is 6.20 Å². The summed E-state index contributed by atoms with van der Waals surface area (Å²) in [6, 6.07) is 5.92. The molecule has 0 aliphatic carbocycles. The maximum Gasteiger partial charge on any atom is 0.363 e. The van der Waals surface area contributed by atoms with Gasteiger partial charge < -0.3 is 14.9 Å². The Morgan fingerprint density at radius 1 is 1.35 bits per heavy atom. The number of carboxylic acid groups (broad SMARTS) is 1. The lowest BCUT2D eigenvalue weighted by Crippen LogP contribution is -2.18. The number of aryl methyl sites for hydroxylation is 1. The molecular weight excluding hydrogens is 264 g/mol. The lowest BCUT2D eigenvalue weighted by Gasteiger charge is -2.08. The maximum absolute atomic E-state index is 12.1. The zero-order valence-corrected chi connectivity index (χ0v) is 10.6. The number of carbonyl (C=O) groups is 2. The molecule has 0 bridgehead atoms. The van der Waals surface area contributed by atoms with Crippen molar-refractivity contribution in [3.05, 3.63) is 41.7 Å². The predicted octanol–water partition coefficient (Wildman–Crippen LogP) is 1.53. The van der Waals surface area contributed by atoms with Crippen LogP contribution in [0.25, 0.3) is 0 Å². The lowest BCUT2D eigenvalue weighted by atomic mass is 10.2. The van der Waals surface area contributed by atoms with Crippen LogP contribution in [0.5, 0.6) is 11.5 Å². The molecule has 2 aromatic rings. The van der Waals surface area contributed by atoms with E-state index in [2.05, 4.69) is 5.10 Å². The number of aromatic nitrogens is 2. The third-order valence-corrected chi connectivity index (χ3v) is 2.63. The summed E-state index contributed by atoms with van der Waals surface area (Å²) in [5.74, 6) is -2.41. The molecule has 20 heavy (non-hydrogen) atoms. The van der Waals surface area contributed by atoms with Gasteiger partial charge in [0.2, 0.25) is 0 Å². The van der Waals surface area contributed by atoms with E-state index in [0.717, 1.165) is 6.20 Å². The number of para-hydroxylation sites is 2. The SMILES string of the molecule is CCn1ncc(C(=O)O)c1C(=O)Oc1ccccc1O. The Balaban J connectivity index is 2.36. The third-order valence-electron chi connectivity index (χ3n) is 2.63. The molecule has 0 saturated heterocycles. The van der Waals surface area contributed by atoms with Crippen LogP contribution in [-0.2, 0) is 6.54 Å². The molecule has 1 aromatic carbocycles. The summed E-state index contributed by atoms with van der Waals surface area (Å²) in [4.78, 5) is 23.1. The van der Waals surface area contributed by atoms with Gasteiger partial charge in [0, 0.05) is 6.54 Å². The van der Waals surface area contributed by atoms with Crippen LogP contribution in [0.2, 0.25) is 0 Å². The van der Waals surface area contributed by atoms with Crippen molar-refractivity contribution in [1.82, 2.24) is 9.78 Å². The highest BCUT2D eigenvalue weighted by molar-refractivity contribution is 6.01. The minimum atomic E-state index is -1.27. The number of hydrogen-bond acceptors (Lipinski definition) is 5. The van der Waals surface area contributed by atoms with E-state index in [1.807, 2.05) is 0 Å². The summed E-state index contributed by atoms with van der Waals surface area (Å²) >= 11 is 0. The monoisotopic (exact) mass is 276 g/mol. The minimum Gasteiger partial charge on any atom is -0.504 e. The van der Waals surface area contributed by atoms with Crippen molar-refractivity contribution in [1.29, 1.82) is 0 Å². The first-order valence-corrected chi connectivity index (χ1v) is 5.83. The molecule has 1 heterocycles. The highest BCUT2D eigenvalue weighted by Gasteiger charge is 2.24. The van der Waals surface area contributed by atoms with E-state index in [-0.39, 0.29) is 22.8 Å². The van der Waals surface area contributed by atoms with Gasteiger partial charge in [0.25, 0.3) is 0 Å². The topological polar surface area (TPSA) is 102 Å². The molecule has 0 aliphatic rings. The Hall–Kier alpha value is -2.83.